The first kappa shape index (κ1) is 17.7. The van der Waals surface area contributed by atoms with Gasteiger partial charge in [-0.1, -0.05) is 42.0 Å². The number of hydrogen-bond acceptors (Lipinski definition) is 5. The molecule has 1 heterocycles. The molecule has 1 atom stereocenters. The van der Waals surface area contributed by atoms with Crippen molar-refractivity contribution in [2.75, 3.05) is 11.6 Å². The first-order valence-corrected chi connectivity index (χ1v) is 8.66. The quantitative estimate of drug-likeness (QED) is 0.834. The van der Waals surface area contributed by atoms with E-state index in [4.69, 9.17) is 10.5 Å². The lowest BCUT2D eigenvalue weighted by molar-refractivity contribution is 0.0966. The Morgan fingerprint density at radius 1 is 1.19 bits per heavy atom. The molecule has 1 unspecified atom stereocenters. The van der Waals surface area contributed by atoms with Crippen LogP contribution >= 0.6 is 0 Å². The van der Waals surface area contributed by atoms with Crippen LogP contribution in [-0.4, -0.2) is 18.2 Å². The third-order valence-electron chi connectivity index (χ3n) is 4.27. The van der Waals surface area contributed by atoms with Crippen molar-refractivity contribution in [1.82, 2.24) is 0 Å². The number of ketones is 1. The van der Waals surface area contributed by atoms with E-state index in [0.29, 0.717) is 18.1 Å². The summed E-state index contributed by atoms with van der Waals surface area (Å²) >= 11 is 0. The highest BCUT2D eigenvalue weighted by Crippen LogP contribution is 2.27. The molecule has 0 amide bonds. The molecule has 0 radical (unpaired) electrons. The first-order valence-electron chi connectivity index (χ1n) is 8.66. The molecule has 0 aromatic heterocycles. The number of nitrogens with zero attached hydrogens (tertiary/aromatic N) is 2. The van der Waals surface area contributed by atoms with E-state index in [1.54, 1.807) is 11.1 Å². The Morgan fingerprint density at radius 2 is 1.92 bits per heavy atom. The van der Waals surface area contributed by atoms with Crippen LogP contribution in [0.3, 0.4) is 0 Å². The number of carbonyl (C=O) groups is 1. The van der Waals surface area contributed by atoms with Crippen LogP contribution < -0.4 is 10.7 Å². The molecule has 5 heteroatoms. The summed E-state index contributed by atoms with van der Waals surface area (Å²) in [4.78, 5) is 13.1. The summed E-state index contributed by atoms with van der Waals surface area (Å²) in [5.74, 6) is 0.0462. The SMILES string of the molecule is CCOC1=CC(C(=O)c2ccc(C)cc2C)C(N)=NN1c1ccccc1. The lowest BCUT2D eigenvalue weighted by Crippen LogP contribution is -2.38. The lowest BCUT2D eigenvalue weighted by Gasteiger charge is -2.28. The zero-order chi connectivity index (χ0) is 18.7. The summed E-state index contributed by atoms with van der Waals surface area (Å²) < 4.78 is 5.74. The Morgan fingerprint density at radius 3 is 2.58 bits per heavy atom. The van der Waals surface area contributed by atoms with Gasteiger partial charge in [0.2, 0.25) is 5.88 Å². The zero-order valence-corrected chi connectivity index (χ0v) is 15.3. The number of Topliss-reactive ketones (excluding diaryl/α,β-unsaturated/α-hetero) is 1. The van der Waals surface area contributed by atoms with Crippen molar-refractivity contribution in [2.45, 2.75) is 20.8 Å². The monoisotopic (exact) mass is 349 g/mol. The van der Waals surface area contributed by atoms with E-state index in [1.165, 1.54) is 0 Å². The molecule has 0 saturated heterocycles. The Bertz CT molecular complexity index is 872. The maximum absolute atomic E-state index is 13.1. The van der Waals surface area contributed by atoms with Crippen LogP contribution in [0.15, 0.2) is 65.6 Å². The largest absolute Gasteiger partial charge is 0.478 e. The van der Waals surface area contributed by atoms with Gasteiger partial charge in [-0.25, -0.2) is 0 Å². The van der Waals surface area contributed by atoms with Gasteiger partial charge in [0.15, 0.2) is 5.78 Å². The average Bonchev–Trinajstić information content (AvgIpc) is 2.63. The van der Waals surface area contributed by atoms with Crippen LogP contribution in [0.1, 0.15) is 28.4 Å². The molecular weight excluding hydrogens is 326 g/mol. The number of carbonyl (C=O) groups excluding carboxylic acids is 1. The predicted molar refractivity (Wildman–Crippen MR) is 104 cm³/mol. The zero-order valence-electron chi connectivity index (χ0n) is 15.3. The summed E-state index contributed by atoms with van der Waals surface area (Å²) in [6.07, 6.45) is 1.75. The summed E-state index contributed by atoms with van der Waals surface area (Å²) in [5, 5.41) is 6.07. The minimum atomic E-state index is -0.641. The maximum atomic E-state index is 13.1. The molecule has 2 N–H and O–H groups in total. The van der Waals surface area contributed by atoms with Crippen molar-refractivity contribution < 1.29 is 9.53 Å². The highest BCUT2D eigenvalue weighted by Gasteiger charge is 2.30. The van der Waals surface area contributed by atoms with Crippen molar-refractivity contribution in [3.05, 3.63) is 77.2 Å². The van der Waals surface area contributed by atoms with Crippen molar-refractivity contribution in [2.24, 2.45) is 16.8 Å². The Kier molecular flexibility index (Phi) is 5.07. The number of nitrogens with two attached hydrogens (primary N) is 1. The van der Waals surface area contributed by atoms with Gasteiger partial charge in [0.05, 0.1) is 12.3 Å². The highest BCUT2D eigenvalue weighted by atomic mass is 16.5. The van der Waals surface area contributed by atoms with E-state index in [0.717, 1.165) is 16.8 Å². The average molecular weight is 349 g/mol. The summed E-state index contributed by atoms with van der Waals surface area (Å²) in [7, 11) is 0. The van der Waals surface area contributed by atoms with Crippen LogP contribution in [0, 0.1) is 19.8 Å². The number of para-hydroxylation sites is 1. The molecule has 0 aliphatic carbocycles. The highest BCUT2D eigenvalue weighted by molar-refractivity contribution is 6.14. The van der Waals surface area contributed by atoms with Gasteiger partial charge in [-0.05, 0) is 44.5 Å². The van der Waals surface area contributed by atoms with E-state index in [2.05, 4.69) is 5.10 Å². The van der Waals surface area contributed by atoms with Crippen LogP contribution in [-0.2, 0) is 4.74 Å². The number of benzene rings is 2. The topological polar surface area (TPSA) is 67.9 Å². The van der Waals surface area contributed by atoms with Crippen molar-refractivity contribution >= 4 is 17.3 Å². The van der Waals surface area contributed by atoms with Crippen molar-refractivity contribution in [1.29, 1.82) is 0 Å². The summed E-state index contributed by atoms with van der Waals surface area (Å²) in [6.45, 7) is 6.30. The van der Waals surface area contributed by atoms with Crippen LogP contribution in [0.2, 0.25) is 0 Å². The minimum absolute atomic E-state index is 0.0753. The standard InChI is InChI=1S/C21H23N3O2/c1-4-26-19-13-18(20(25)17-11-10-14(2)12-15(17)3)21(22)23-24(19)16-8-6-5-7-9-16/h5-13,18H,4H2,1-3H3,(H2,22,23). The number of aryl methyl sites for hydroxylation is 2. The number of rotatable bonds is 5. The number of hydrogen-bond donors (Lipinski definition) is 1. The number of amidine groups is 1. The summed E-state index contributed by atoms with van der Waals surface area (Å²) in [5.41, 5.74) is 9.70. The molecule has 3 rings (SSSR count). The van der Waals surface area contributed by atoms with Crippen molar-refractivity contribution in [3.63, 3.8) is 0 Å². The van der Waals surface area contributed by atoms with Gasteiger partial charge >= 0.3 is 0 Å². The number of anilines is 1. The van der Waals surface area contributed by atoms with Gasteiger partial charge in [0.25, 0.3) is 0 Å². The second-order valence-electron chi connectivity index (χ2n) is 6.27. The van der Waals surface area contributed by atoms with Crippen molar-refractivity contribution in [3.8, 4) is 0 Å². The van der Waals surface area contributed by atoms with Gasteiger partial charge < -0.3 is 10.5 Å². The molecule has 0 saturated carbocycles. The normalized spacial score (nSPS) is 16.7. The van der Waals surface area contributed by atoms with E-state index in [-0.39, 0.29) is 11.6 Å². The maximum Gasteiger partial charge on any atom is 0.212 e. The van der Waals surface area contributed by atoms with Gasteiger partial charge in [-0.2, -0.15) is 10.1 Å². The second kappa shape index (κ2) is 7.44. The van der Waals surface area contributed by atoms with Crippen LogP contribution in [0.4, 0.5) is 5.69 Å². The molecule has 0 spiro atoms. The third-order valence-corrected chi connectivity index (χ3v) is 4.27. The van der Waals surface area contributed by atoms with Gasteiger partial charge in [0, 0.05) is 5.56 Å². The van der Waals surface area contributed by atoms with Crippen LogP contribution in [0.25, 0.3) is 0 Å². The van der Waals surface area contributed by atoms with Gasteiger partial charge in [-0.3, -0.25) is 4.79 Å². The molecular formula is C21H23N3O2. The fourth-order valence-corrected chi connectivity index (χ4v) is 3.00. The van der Waals surface area contributed by atoms with E-state index in [1.807, 2.05) is 69.3 Å². The van der Waals surface area contributed by atoms with Gasteiger partial charge in [-0.15, -0.1) is 0 Å². The Balaban J connectivity index is 1.97. The first-order chi connectivity index (χ1) is 12.5. The lowest BCUT2D eigenvalue weighted by atomic mass is 9.92. The molecule has 26 heavy (non-hydrogen) atoms. The number of hydrazone groups is 1. The smallest absolute Gasteiger partial charge is 0.212 e. The van der Waals surface area contributed by atoms with Crippen LogP contribution in [0.5, 0.6) is 0 Å². The van der Waals surface area contributed by atoms with E-state index >= 15 is 0 Å². The molecule has 2 aromatic carbocycles. The fraction of sp³-hybridized carbons (Fsp3) is 0.238. The minimum Gasteiger partial charge on any atom is -0.478 e. The molecule has 2 aromatic rings. The molecule has 134 valence electrons. The molecule has 0 bridgehead atoms. The Hall–Kier alpha value is -3.08. The molecule has 1 aliphatic heterocycles. The molecule has 0 fully saturated rings. The predicted octanol–water partition coefficient (Wildman–Crippen LogP) is 3.77. The third kappa shape index (κ3) is 3.47. The second-order valence-corrected chi connectivity index (χ2v) is 6.27. The fourth-order valence-electron chi connectivity index (χ4n) is 3.00. The molecule has 1 aliphatic rings. The number of ether oxygens (including phenoxy) is 1. The van der Waals surface area contributed by atoms with E-state index < -0.39 is 5.92 Å². The summed E-state index contributed by atoms with van der Waals surface area (Å²) in [6, 6.07) is 15.3. The van der Waals surface area contributed by atoms with Gasteiger partial charge in [0.1, 0.15) is 11.8 Å². The van der Waals surface area contributed by atoms with E-state index in [9.17, 15) is 4.79 Å². The Labute approximate surface area is 153 Å². The molecule has 5 nitrogen and oxygen atoms in total.